The van der Waals surface area contributed by atoms with Crippen LogP contribution in [0.4, 0.5) is 8.78 Å². The molecule has 0 aromatic heterocycles. The summed E-state index contributed by atoms with van der Waals surface area (Å²) in [6.07, 6.45) is 1.66. The van der Waals surface area contributed by atoms with Crippen molar-refractivity contribution in [2.24, 2.45) is 5.92 Å². The number of piperidine rings is 1. The Morgan fingerprint density at radius 2 is 1.67 bits per heavy atom. The molecule has 1 amide bonds. The van der Waals surface area contributed by atoms with Gasteiger partial charge in [-0.05, 0) is 63.2 Å². The first-order chi connectivity index (χ1) is 15.6. The minimum absolute atomic E-state index is 0.0230. The zero-order valence-corrected chi connectivity index (χ0v) is 20.1. The Morgan fingerprint density at radius 3 is 2.24 bits per heavy atom. The third-order valence-corrected chi connectivity index (χ3v) is 7.88. The van der Waals surface area contributed by atoms with Crippen molar-refractivity contribution in [1.29, 1.82) is 0 Å². The van der Waals surface area contributed by atoms with Crippen LogP contribution in [0.15, 0.2) is 47.4 Å². The lowest BCUT2D eigenvalue weighted by molar-refractivity contribution is 0.0730. The van der Waals surface area contributed by atoms with E-state index in [4.69, 9.17) is 0 Å². The van der Waals surface area contributed by atoms with E-state index in [0.717, 1.165) is 25.0 Å². The average molecular weight is 480 g/mol. The number of rotatable bonds is 8. The van der Waals surface area contributed by atoms with E-state index in [1.54, 1.807) is 0 Å². The summed E-state index contributed by atoms with van der Waals surface area (Å²) in [4.78, 5) is 16.7. The van der Waals surface area contributed by atoms with E-state index in [1.807, 2.05) is 19.0 Å². The van der Waals surface area contributed by atoms with Crippen LogP contribution in [0.1, 0.15) is 35.7 Å². The van der Waals surface area contributed by atoms with Gasteiger partial charge in [0.15, 0.2) is 0 Å². The van der Waals surface area contributed by atoms with Crippen molar-refractivity contribution in [3.63, 3.8) is 0 Å². The molecule has 1 saturated heterocycles. The maximum atomic E-state index is 14.2. The van der Waals surface area contributed by atoms with Gasteiger partial charge in [0.05, 0.1) is 4.90 Å². The van der Waals surface area contributed by atoms with Gasteiger partial charge in [0.1, 0.15) is 11.6 Å². The Kier molecular flexibility index (Phi) is 8.20. The van der Waals surface area contributed by atoms with Crippen molar-refractivity contribution in [2.45, 2.75) is 31.2 Å². The molecule has 33 heavy (non-hydrogen) atoms. The number of nitrogens with zero attached hydrogens (tertiary/aromatic N) is 3. The van der Waals surface area contributed by atoms with Gasteiger partial charge in [0.25, 0.3) is 5.91 Å². The molecule has 1 aliphatic heterocycles. The molecule has 3 rings (SSSR count). The summed E-state index contributed by atoms with van der Waals surface area (Å²) in [5.41, 5.74) is 0.518. The van der Waals surface area contributed by atoms with Crippen molar-refractivity contribution in [2.75, 3.05) is 40.3 Å². The Hall–Kier alpha value is -2.36. The molecule has 1 heterocycles. The van der Waals surface area contributed by atoms with E-state index in [0.29, 0.717) is 37.7 Å². The molecule has 0 saturated carbocycles. The summed E-state index contributed by atoms with van der Waals surface area (Å²) in [5.74, 6) is -1.23. The summed E-state index contributed by atoms with van der Waals surface area (Å²) in [7, 11) is 0.115. The molecule has 0 radical (unpaired) electrons. The summed E-state index contributed by atoms with van der Waals surface area (Å²) in [6.45, 7) is 3.95. The van der Waals surface area contributed by atoms with Crippen LogP contribution >= 0.6 is 0 Å². The number of hydrogen-bond acceptors (Lipinski definition) is 4. The normalized spacial score (nSPS) is 15.7. The van der Waals surface area contributed by atoms with Crippen LogP contribution in [-0.4, -0.2) is 68.7 Å². The maximum absolute atomic E-state index is 14.2. The highest BCUT2D eigenvalue weighted by Crippen LogP contribution is 2.24. The number of sulfonamides is 1. The molecule has 0 atom stereocenters. The molecule has 2 aromatic carbocycles. The fraction of sp³-hybridized carbons (Fsp3) is 0.458. The number of hydrogen-bond donors (Lipinski definition) is 0. The third-order valence-electron chi connectivity index (χ3n) is 5.96. The molecule has 0 N–H and O–H groups in total. The van der Waals surface area contributed by atoms with E-state index >= 15 is 0 Å². The van der Waals surface area contributed by atoms with E-state index in [-0.39, 0.29) is 22.9 Å². The summed E-state index contributed by atoms with van der Waals surface area (Å²) in [5, 5.41) is 0. The van der Waals surface area contributed by atoms with Crippen LogP contribution in [-0.2, 0) is 16.6 Å². The lowest BCUT2D eigenvalue weighted by Crippen LogP contribution is -2.38. The van der Waals surface area contributed by atoms with Gasteiger partial charge in [-0.25, -0.2) is 17.2 Å². The van der Waals surface area contributed by atoms with Gasteiger partial charge >= 0.3 is 0 Å². The maximum Gasteiger partial charge on any atom is 0.254 e. The zero-order chi connectivity index (χ0) is 24.2. The lowest BCUT2D eigenvalue weighted by Gasteiger charge is -2.29. The number of benzene rings is 2. The van der Waals surface area contributed by atoms with E-state index < -0.39 is 21.7 Å². The largest absolute Gasteiger partial charge is 0.333 e. The van der Waals surface area contributed by atoms with Crippen molar-refractivity contribution in [1.82, 2.24) is 14.1 Å². The zero-order valence-electron chi connectivity index (χ0n) is 19.3. The second kappa shape index (κ2) is 10.7. The van der Waals surface area contributed by atoms with Gasteiger partial charge in [0, 0.05) is 49.9 Å². The van der Waals surface area contributed by atoms with Gasteiger partial charge in [-0.15, -0.1) is 0 Å². The Balaban J connectivity index is 1.79. The van der Waals surface area contributed by atoms with Crippen LogP contribution < -0.4 is 0 Å². The van der Waals surface area contributed by atoms with E-state index in [2.05, 4.69) is 6.92 Å². The highest BCUT2D eigenvalue weighted by atomic mass is 32.2. The Morgan fingerprint density at radius 1 is 1.03 bits per heavy atom. The number of amides is 1. The standard InChI is InChI=1S/C24H31F2N3O3S/c1-18-10-12-29(13-11-18)33(31,32)22-8-5-19(6-9-22)24(30)28(15-14-27(2)3)17-20-4-7-21(25)16-23(20)26/h4-9,16,18H,10-15,17H2,1-3H3. The number of likely N-dealkylation sites (N-methyl/N-ethyl adjacent to an activating group) is 1. The van der Waals surface area contributed by atoms with E-state index in [1.165, 1.54) is 39.5 Å². The van der Waals surface area contributed by atoms with Crippen LogP contribution in [0.25, 0.3) is 0 Å². The van der Waals surface area contributed by atoms with Crippen LogP contribution in [0.3, 0.4) is 0 Å². The quantitative estimate of drug-likeness (QED) is 0.581. The molecule has 9 heteroatoms. The fourth-order valence-electron chi connectivity index (χ4n) is 3.76. The highest BCUT2D eigenvalue weighted by molar-refractivity contribution is 7.89. The monoisotopic (exact) mass is 479 g/mol. The average Bonchev–Trinajstić information content (AvgIpc) is 2.78. The minimum atomic E-state index is -3.61. The number of carbonyl (C=O) groups excluding carboxylic acids is 1. The molecule has 2 aromatic rings. The van der Waals surface area contributed by atoms with Crippen molar-refractivity contribution in [3.05, 3.63) is 65.2 Å². The van der Waals surface area contributed by atoms with Crippen molar-refractivity contribution in [3.8, 4) is 0 Å². The Bertz CT molecular complexity index is 1070. The molecule has 0 spiro atoms. The van der Waals surface area contributed by atoms with E-state index in [9.17, 15) is 22.0 Å². The van der Waals surface area contributed by atoms with Crippen molar-refractivity contribution >= 4 is 15.9 Å². The molecule has 180 valence electrons. The molecule has 1 fully saturated rings. The van der Waals surface area contributed by atoms with Gasteiger partial charge in [0.2, 0.25) is 10.0 Å². The smallest absolute Gasteiger partial charge is 0.254 e. The SMILES string of the molecule is CC1CCN(S(=O)(=O)c2ccc(C(=O)N(CCN(C)C)Cc3ccc(F)cc3F)cc2)CC1. The summed E-state index contributed by atoms with van der Waals surface area (Å²) >= 11 is 0. The molecular formula is C24H31F2N3O3S. The van der Waals surface area contributed by atoms with Crippen LogP contribution in [0.5, 0.6) is 0 Å². The molecule has 0 aliphatic carbocycles. The minimum Gasteiger partial charge on any atom is -0.333 e. The second-order valence-corrected chi connectivity index (χ2v) is 10.8. The second-order valence-electron chi connectivity index (χ2n) is 8.88. The predicted molar refractivity (Wildman–Crippen MR) is 123 cm³/mol. The topological polar surface area (TPSA) is 60.9 Å². The Labute approximate surface area is 194 Å². The summed E-state index contributed by atoms with van der Waals surface area (Å²) in [6, 6.07) is 9.16. The number of carbonyl (C=O) groups is 1. The molecule has 6 nitrogen and oxygen atoms in total. The van der Waals surface area contributed by atoms with Gasteiger partial charge in [-0.1, -0.05) is 13.0 Å². The first-order valence-electron chi connectivity index (χ1n) is 11.1. The molecular weight excluding hydrogens is 448 g/mol. The van der Waals surface area contributed by atoms with Crippen molar-refractivity contribution < 1.29 is 22.0 Å². The van der Waals surface area contributed by atoms with Crippen LogP contribution in [0.2, 0.25) is 0 Å². The fourth-order valence-corrected chi connectivity index (χ4v) is 5.22. The van der Waals surface area contributed by atoms with Gasteiger partial charge < -0.3 is 9.80 Å². The number of halogens is 2. The molecule has 0 bridgehead atoms. The predicted octanol–water partition coefficient (Wildman–Crippen LogP) is 3.59. The first kappa shape index (κ1) is 25.3. The summed E-state index contributed by atoms with van der Waals surface area (Å²) < 4.78 is 54.9. The van der Waals surface area contributed by atoms with Gasteiger partial charge in [-0.2, -0.15) is 4.31 Å². The molecule has 0 unspecified atom stereocenters. The van der Waals surface area contributed by atoms with Crippen LogP contribution in [0, 0.1) is 17.6 Å². The third kappa shape index (κ3) is 6.37. The first-order valence-corrected chi connectivity index (χ1v) is 12.5. The lowest BCUT2D eigenvalue weighted by atomic mass is 10.0. The van der Waals surface area contributed by atoms with Gasteiger partial charge in [-0.3, -0.25) is 4.79 Å². The molecule has 1 aliphatic rings. The highest BCUT2D eigenvalue weighted by Gasteiger charge is 2.28.